The first kappa shape index (κ1) is 21.9. The largest absolute Gasteiger partial charge is 0.428 e. The lowest BCUT2D eigenvalue weighted by Gasteiger charge is -2.45. The molecule has 0 bridgehead atoms. The van der Waals surface area contributed by atoms with Crippen LogP contribution in [0.5, 0.6) is 0 Å². The Labute approximate surface area is 124 Å². The van der Waals surface area contributed by atoms with Gasteiger partial charge < -0.3 is 0 Å². The molecule has 17 heteroatoms. The second-order valence-electron chi connectivity index (χ2n) is 4.61. The van der Waals surface area contributed by atoms with Crippen LogP contribution in [-0.4, -0.2) is 42.3 Å². The molecule has 0 saturated carbocycles. The molecule has 0 N–H and O–H groups in total. The van der Waals surface area contributed by atoms with Crippen LogP contribution in [0.4, 0.5) is 70.2 Å². The van der Waals surface area contributed by atoms with Crippen LogP contribution in [-0.2, 0) is 4.74 Å². The Morgan fingerprint density at radius 3 is 0.920 bits per heavy atom. The second-order valence-corrected chi connectivity index (χ2v) is 4.61. The van der Waals surface area contributed by atoms with E-state index in [-0.39, 0.29) is 0 Å². The van der Waals surface area contributed by atoms with Crippen molar-refractivity contribution >= 4 is 0 Å². The Balaban J connectivity index is 4.10. The topological polar surface area (TPSA) is 9.23 Å². The summed E-state index contributed by atoms with van der Waals surface area (Å²) in [7, 11) is 0. The fraction of sp³-hybridized carbons (Fsp3) is 1.00. The van der Waals surface area contributed by atoms with Crippen LogP contribution in [0.25, 0.3) is 0 Å². The van der Waals surface area contributed by atoms with E-state index < -0.39 is 47.8 Å². The monoisotopic (exact) mass is 416 g/mol. The van der Waals surface area contributed by atoms with Crippen LogP contribution >= 0.6 is 0 Å². The lowest BCUT2D eigenvalue weighted by atomic mass is 9.74. The fourth-order valence-electron chi connectivity index (χ4n) is 2.03. The highest BCUT2D eigenvalue weighted by Gasteiger charge is 3.05. The maximum Gasteiger partial charge on any atom is 0.428 e. The minimum absolute atomic E-state index is 1.55. The molecule has 150 valence electrons. The van der Waals surface area contributed by atoms with Crippen LogP contribution in [0.2, 0.25) is 0 Å². The minimum atomic E-state index is -8.42. The third-order valence-corrected chi connectivity index (χ3v) is 3.19. The lowest BCUT2D eigenvalue weighted by Crippen LogP contribution is -2.75. The summed E-state index contributed by atoms with van der Waals surface area (Å²) in [5, 5.41) is 0. The summed E-state index contributed by atoms with van der Waals surface area (Å²) in [6, 6.07) is 0. The average molecular weight is 416 g/mol. The van der Waals surface area contributed by atoms with E-state index in [9.17, 15) is 70.2 Å². The summed E-state index contributed by atoms with van der Waals surface area (Å²) in [4.78, 5) is 0. The number of hydrogen-bond donors (Lipinski definition) is 0. The molecule has 1 aliphatic rings. The summed E-state index contributed by atoms with van der Waals surface area (Å²) < 4.78 is 205. The summed E-state index contributed by atoms with van der Waals surface area (Å²) in [6.07, 6.45) is -31.7. The molecule has 0 aromatic rings. The molecule has 0 spiro atoms. The first-order valence-corrected chi connectivity index (χ1v) is 5.18. The van der Waals surface area contributed by atoms with Crippen LogP contribution in [0.15, 0.2) is 0 Å². The molecule has 1 atom stereocenters. The first-order chi connectivity index (χ1) is 10.5. The van der Waals surface area contributed by atoms with Gasteiger partial charge in [0.25, 0.3) is 0 Å². The highest BCUT2D eigenvalue weighted by Crippen LogP contribution is 2.75. The molecular formula is C8F16O. The van der Waals surface area contributed by atoms with E-state index in [2.05, 4.69) is 0 Å². The van der Waals surface area contributed by atoms with Crippen LogP contribution in [0.3, 0.4) is 0 Å². The van der Waals surface area contributed by atoms with E-state index >= 15 is 0 Å². The van der Waals surface area contributed by atoms with Crippen molar-refractivity contribution in [2.24, 2.45) is 5.41 Å². The van der Waals surface area contributed by atoms with Gasteiger partial charge >= 0.3 is 47.8 Å². The Hall–Kier alpha value is -1.16. The third kappa shape index (κ3) is 2.16. The molecule has 0 amide bonds. The van der Waals surface area contributed by atoms with Crippen LogP contribution < -0.4 is 0 Å². The van der Waals surface area contributed by atoms with Gasteiger partial charge in [0.05, 0.1) is 0 Å². The summed E-state index contributed by atoms with van der Waals surface area (Å²) in [6.45, 7) is 0. The molecule has 0 aromatic heterocycles. The van der Waals surface area contributed by atoms with Crippen molar-refractivity contribution in [3.63, 3.8) is 0 Å². The highest BCUT2D eigenvalue weighted by molar-refractivity contribution is 5.21. The van der Waals surface area contributed by atoms with Gasteiger partial charge in [-0.05, 0) is 0 Å². The lowest BCUT2D eigenvalue weighted by molar-refractivity contribution is -0.514. The quantitative estimate of drug-likeness (QED) is 0.533. The van der Waals surface area contributed by atoms with Gasteiger partial charge in [-0.25, -0.2) is 4.39 Å². The smallest absolute Gasteiger partial charge is 0.270 e. The molecule has 1 heterocycles. The highest BCUT2D eigenvalue weighted by atomic mass is 19.4. The van der Waals surface area contributed by atoms with E-state index in [0.29, 0.717) is 0 Å². The number of hydrogen-bond acceptors (Lipinski definition) is 1. The maximum absolute atomic E-state index is 13.8. The van der Waals surface area contributed by atoms with Crippen LogP contribution in [0.1, 0.15) is 0 Å². The van der Waals surface area contributed by atoms with Crippen molar-refractivity contribution in [2.75, 3.05) is 0 Å². The van der Waals surface area contributed by atoms with E-state index in [1.54, 1.807) is 4.74 Å². The fourth-order valence-corrected chi connectivity index (χ4v) is 2.03. The van der Waals surface area contributed by atoms with Crippen molar-refractivity contribution in [1.29, 1.82) is 0 Å². The average Bonchev–Trinajstić information content (AvgIpc) is 2.28. The van der Waals surface area contributed by atoms with Gasteiger partial charge in [0.2, 0.25) is 0 Å². The van der Waals surface area contributed by atoms with E-state index in [4.69, 9.17) is 0 Å². The number of alkyl halides is 16. The second kappa shape index (κ2) is 4.76. The predicted molar refractivity (Wildman–Crippen MR) is 40.4 cm³/mol. The Bertz CT molecular complexity index is 500. The molecule has 1 rings (SSSR count). The summed E-state index contributed by atoms with van der Waals surface area (Å²) in [5.41, 5.74) is -8.42. The molecule has 1 nitrogen and oxygen atoms in total. The van der Waals surface area contributed by atoms with E-state index in [1.165, 1.54) is 0 Å². The summed E-state index contributed by atoms with van der Waals surface area (Å²) in [5.74, 6) is -23.4. The van der Waals surface area contributed by atoms with E-state index in [0.717, 1.165) is 0 Å². The Kier molecular flexibility index (Phi) is 4.17. The molecule has 1 fully saturated rings. The predicted octanol–water partition coefficient (Wildman–Crippen LogP) is 5.22. The Morgan fingerprint density at radius 2 is 0.760 bits per heavy atom. The molecule has 0 aliphatic carbocycles. The maximum atomic E-state index is 13.8. The zero-order valence-corrected chi connectivity index (χ0v) is 10.5. The molecular weight excluding hydrogens is 416 g/mol. The SMILES string of the molecule is FC(F)(F)C(C(F)(F)F)(C(F)(F)F)C1(F)OC(F)(F)C(F)(F)C1(F)F. The molecule has 1 aliphatic heterocycles. The van der Waals surface area contributed by atoms with Gasteiger partial charge in [0, 0.05) is 0 Å². The number of ether oxygens (including phenoxy) is 1. The van der Waals surface area contributed by atoms with Gasteiger partial charge in [-0.2, -0.15) is 65.9 Å². The van der Waals surface area contributed by atoms with Crippen LogP contribution in [0, 0.1) is 5.41 Å². The van der Waals surface area contributed by atoms with Gasteiger partial charge in [0.15, 0.2) is 0 Å². The number of halogens is 16. The van der Waals surface area contributed by atoms with E-state index in [1.807, 2.05) is 0 Å². The molecule has 1 unspecified atom stereocenters. The zero-order valence-electron chi connectivity index (χ0n) is 10.5. The summed E-state index contributed by atoms with van der Waals surface area (Å²) >= 11 is 0. The van der Waals surface area contributed by atoms with Gasteiger partial charge in [-0.1, -0.05) is 0 Å². The van der Waals surface area contributed by atoms with Crippen molar-refractivity contribution in [2.45, 2.75) is 42.3 Å². The van der Waals surface area contributed by atoms with Gasteiger partial charge in [0.1, 0.15) is 0 Å². The number of rotatable bonds is 1. The molecule has 25 heavy (non-hydrogen) atoms. The molecule has 0 aromatic carbocycles. The van der Waals surface area contributed by atoms with Crippen molar-refractivity contribution < 1.29 is 75.0 Å². The standard InChI is InChI=1S/C8F16O/c9-2(10)3(11,12)8(23,24)25-4(2,13)1(5(14,15)16,6(17,18)19)7(20,21)22. The van der Waals surface area contributed by atoms with Crippen molar-refractivity contribution in [3.8, 4) is 0 Å². The minimum Gasteiger partial charge on any atom is -0.270 e. The third-order valence-electron chi connectivity index (χ3n) is 3.19. The molecule has 1 saturated heterocycles. The Morgan fingerprint density at radius 1 is 0.480 bits per heavy atom. The van der Waals surface area contributed by atoms with Crippen molar-refractivity contribution in [3.05, 3.63) is 0 Å². The zero-order chi connectivity index (χ0) is 20.7. The van der Waals surface area contributed by atoms with Crippen molar-refractivity contribution in [1.82, 2.24) is 0 Å². The molecule has 0 radical (unpaired) electrons. The first-order valence-electron chi connectivity index (χ1n) is 5.18. The normalized spacial score (nSPS) is 29.8. The van der Waals surface area contributed by atoms with Gasteiger partial charge in [-0.15, -0.1) is 0 Å². The van der Waals surface area contributed by atoms with Gasteiger partial charge in [-0.3, -0.25) is 4.74 Å².